The molecule has 2 fully saturated rings. The highest BCUT2D eigenvalue weighted by molar-refractivity contribution is 6.34. The number of halogens is 1. The number of rotatable bonds is 5. The molecule has 9 heteroatoms. The van der Waals surface area contributed by atoms with Gasteiger partial charge in [0.2, 0.25) is 11.8 Å². The molecule has 1 aromatic carbocycles. The molecule has 0 aliphatic carbocycles. The van der Waals surface area contributed by atoms with Gasteiger partial charge in [-0.1, -0.05) is 61.9 Å². The van der Waals surface area contributed by atoms with Gasteiger partial charge in [0.1, 0.15) is 11.6 Å². The number of carbonyl (C=O) groups excluding carboxylic acids is 3. The largest absolute Gasteiger partial charge is 0.394 e. The summed E-state index contributed by atoms with van der Waals surface area (Å²) in [6.07, 6.45) is 8.39. The smallest absolute Gasteiger partial charge is 0.253 e. The van der Waals surface area contributed by atoms with Crippen molar-refractivity contribution in [3.63, 3.8) is 0 Å². The number of para-hydroxylation sites is 1. The Hall–Kier alpha value is -2.68. The first-order valence-corrected chi connectivity index (χ1v) is 13.3. The van der Waals surface area contributed by atoms with Crippen LogP contribution in [0.4, 0.5) is 5.69 Å². The third kappa shape index (κ3) is 3.52. The lowest BCUT2D eigenvalue weighted by Crippen LogP contribution is -2.59. The quantitative estimate of drug-likeness (QED) is 0.595. The topological polar surface area (TPSA) is 90.4 Å². The van der Waals surface area contributed by atoms with Gasteiger partial charge in [0, 0.05) is 20.1 Å². The fourth-order valence-corrected chi connectivity index (χ4v) is 7.12. The zero-order valence-corrected chi connectivity index (χ0v) is 22.4. The van der Waals surface area contributed by atoms with Crippen molar-refractivity contribution in [2.45, 2.75) is 56.9 Å². The van der Waals surface area contributed by atoms with E-state index in [1.165, 1.54) is 4.90 Å². The maximum atomic E-state index is 14.5. The van der Waals surface area contributed by atoms with Crippen LogP contribution in [0.3, 0.4) is 0 Å². The fraction of sp³-hybridized carbons (Fsp3) is 0.536. The molecular formula is C28H34ClN3O5. The molecule has 0 radical (unpaired) electrons. The van der Waals surface area contributed by atoms with Crippen LogP contribution in [0.2, 0.25) is 5.02 Å². The predicted molar refractivity (Wildman–Crippen MR) is 140 cm³/mol. The number of benzene rings is 1. The van der Waals surface area contributed by atoms with Crippen LogP contribution in [0.1, 0.15) is 32.3 Å². The summed E-state index contributed by atoms with van der Waals surface area (Å²) in [5.74, 6) is -2.54. The Bertz CT molecular complexity index is 1180. The Morgan fingerprint density at radius 1 is 1.08 bits per heavy atom. The van der Waals surface area contributed by atoms with E-state index in [4.69, 9.17) is 16.3 Å². The number of hydrogen-bond donors (Lipinski definition) is 1. The Kier molecular flexibility index (Phi) is 6.49. The molecule has 1 spiro atoms. The number of hydrogen-bond acceptors (Lipinski definition) is 5. The van der Waals surface area contributed by atoms with E-state index in [9.17, 15) is 19.5 Å². The van der Waals surface area contributed by atoms with Crippen LogP contribution in [0, 0.1) is 18.8 Å². The minimum absolute atomic E-state index is 0.177. The highest BCUT2D eigenvalue weighted by Crippen LogP contribution is 2.59. The Morgan fingerprint density at radius 3 is 2.46 bits per heavy atom. The van der Waals surface area contributed by atoms with E-state index in [1.54, 1.807) is 22.9 Å². The summed E-state index contributed by atoms with van der Waals surface area (Å²) in [4.78, 5) is 47.3. The van der Waals surface area contributed by atoms with Gasteiger partial charge in [-0.15, -0.1) is 0 Å². The van der Waals surface area contributed by atoms with Gasteiger partial charge in [-0.25, -0.2) is 0 Å². The molecule has 6 atom stereocenters. The molecule has 3 amide bonds. The molecule has 0 saturated carbocycles. The Labute approximate surface area is 222 Å². The fourth-order valence-electron chi connectivity index (χ4n) is 6.79. The normalized spacial score (nSPS) is 33.8. The highest BCUT2D eigenvalue weighted by Gasteiger charge is 2.75. The van der Waals surface area contributed by atoms with Gasteiger partial charge >= 0.3 is 0 Å². The van der Waals surface area contributed by atoms with Gasteiger partial charge in [0.05, 0.1) is 40.8 Å². The second kappa shape index (κ2) is 9.26. The molecule has 2 saturated heterocycles. The molecule has 5 rings (SSSR count). The number of anilines is 1. The second-order valence-corrected chi connectivity index (χ2v) is 10.9. The first kappa shape index (κ1) is 25.9. The number of aliphatic hydroxyl groups is 1. The van der Waals surface area contributed by atoms with Crippen molar-refractivity contribution in [1.82, 2.24) is 9.80 Å². The van der Waals surface area contributed by atoms with Crippen LogP contribution < -0.4 is 4.90 Å². The molecule has 4 aliphatic rings. The van der Waals surface area contributed by atoms with Crippen molar-refractivity contribution in [1.29, 1.82) is 0 Å². The van der Waals surface area contributed by atoms with Crippen molar-refractivity contribution >= 4 is 35.0 Å². The zero-order valence-electron chi connectivity index (χ0n) is 21.7. The van der Waals surface area contributed by atoms with E-state index in [1.807, 2.05) is 57.2 Å². The van der Waals surface area contributed by atoms with Crippen molar-refractivity contribution in [3.05, 3.63) is 53.1 Å². The van der Waals surface area contributed by atoms with Crippen LogP contribution >= 0.6 is 11.6 Å². The zero-order chi connectivity index (χ0) is 26.7. The van der Waals surface area contributed by atoms with Gasteiger partial charge < -0.3 is 24.5 Å². The summed E-state index contributed by atoms with van der Waals surface area (Å²) in [7, 11) is 1.72. The molecule has 8 nitrogen and oxygen atoms in total. The van der Waals surface area contributed by atoms with E-state index in [2.05, 4.69) is 0 Å². The second-order valence-electron chi connectivity index (χ2n) is 10.5. The number of fused-ring (bicyclic) bond motifs is 2. The van der Waals surface area contributed by atoms with Gasteiger partial charge in [-0.2, -0.15) is 0 Å². The molecule has 37 heavy (non-hydrogen) atoms. The molecular weight excluding hydrogens is 494 g/mol. The third-order valence-electron chi connectivity index (χ3n) is 8.61. The SMILES string of the molecule is CC[C@@H](CO)N1C(=O)[C@@H]2[C@H]3C(=O)N(C)CC=C[C@@]3(CC)O[C@@]23C=CCN(c2c(C)cccc2Cl)C(=O)C13. The molecule has 1 aromatic rings. The van der Waals surface area contributed by atoms with Crippen molar-refractivity contribution in [3.8, 4) is 0 Å². The maximum Gasteiger partial charge on any atom is 0.253 e. The van der Waals surface area contributed by atoms with Gasteiger partial charge in [0.25, 0.3) is 5.91 Å². The van der Waals surface area contributed by atoms with Crippen LogP contribution in [0.25, 0.3) is 0 Å². The van der Waals surface area contributed by atoms with E-state index in [-0.39, 0.29) is 30.9 Å². The summed E-state index contributed by atoms with van der Waals surface area (Å²) in [6.45, 7) is 6.05. The van der Waals surface area contributed by atoms with Crippen molar-refractivity contribution < 1.29 is 24.2 Å². The number of aliphatic hydroxyl groups excluding tert-OH is 1. The highest BCUT2D eigenvalue weighted by atomic mass is 35.5. The molecule has 1 N–H and O–H groups in total. The number of aryl methyl sites for hydroxylation is 1. The summed E-state index contributed by atoms with van der Waals surface area (Å²) in [6, 6.07) is 3.79. The summed E-state index contributed by atoms with van der Waals surface area (Å²) in [5.41, 5.74) is -0.974. The van der Waals surface area contributed by atoms with Gasteiger partial charge in [-0.3, -0.25) is 14.4 Å². The van der Waals surface area contributed by atoms with E-state index in [0.717, 1.165) is 5.56 Å². The van der Waals surface area contributed by atoms with Crippen LogP contribution in [-0.2, 0) is 19.1 Å². The van der Waals surface area contributed by atoms with Crippen LogP contribution in [-0.4, -0.2) is 82.7 Å². The first-order valence-electron chi connectivity index (χ1n) is 13.0. The average Bonchev–Trinajstić information content (AvgIpc) is 3.18. The Balaban J connectivity index is 1.73. The number of carbonyl (C=O) groups is 3. The van der Waals surface area contributed by atoms with Gasteiger partial charge in [-0.05, 0) is 31.4 Å². The molecule has 1 unspecified atom stereocenters. The lowest BCUT2D eigenvalue weighted by Gasteiger charge is -2.40. The monoisotopic (exact) mass is 527 g/mol. The molecule has 4 heterocycles. The van der Waals surface area contributed by atoms with Gasteiger partial charge in [0.15, 0.2) is 0 Å². The summed E-state index contributed by atoms with van der Waals surface area (Å²) < 4.78 is 6.91. The third-order valence-corrected chi connectivity index (χ3v) is 8.92. The van der Waals surface area contributed by atoms with E-state index >= 15 is 0 Å². The van der Waals surface area contributed by atoms with Crippen LogP contribution in [0.15, 0.2) is 42.5 Å². The summed E-state index contributed by atoms with van der Waals surface area (Å²) in [5, 5.41) is 10.7. The van der Waals surface area contributed by atoms with Crippen molar-refractivity contribution in [2.24, 2.45) is 11.8 Å². The van der Waals surface area contributed by atoms with E-state index < -0.39 is 35.1 Å². The number of likely N-dealkylation sites (N-methyl/N-ethyl adjacent to an activating group) is 1. The number of amides is 3. The molecule has 0 bridgehead atoms. The number of nitrogens with zero attached hydrogens (tertiary/aromatic N) is 3. The minimum Gasteiger partial charge on any atom is -0.394 e. The molecule has 4 aliphatic heterocycles. The molecule has 0 aromatic heterocycles. The number of likely N-dealkylation sites (tertiary alicyclic amines) is 1. The lowest BCUT2D eigenvalue weighted by molar-refractivity contribution is -0.152. The minimum atomic E-state index is -1.36. The first-order chi connectivity index (χ1) is 17.7. The number of ether oxygens (including phenoxy) is 1. The van der Waals surface area contributed by atoms with Crippen LogP contribution in [0.5, 0.6) is 0 Å². The van der Waals surface area contributed by atoms with Crippen molar-refractivity contribution in [2.75, 3.05) is 31.6 Å². The molecule has 198 valence electrons. The lowest BCUT2D eigenvalue weighted by atomic mass is 9.73. The standard InChI is InChI=1S/C28H34ClN3O5/c1-5-18(16-33)32-23-26(36)31(22-17(3)10-7-11-19(22)29)15-9-13-28(23)21(25(32)35)20-24(34)30(4)14-8-12-27(20,6-2)37-28/h7-13,18,20-21,23,33H,5-6,14-16H2,1-4H3/t18-,20-,21-,23?,27+,28-/m0/s1. The average molecular weight is 528 g/mol. The summed E-state index contributed by atoms with van der Waals surface area (Å²) >= 11 is 6.58. The van der Waals surface area contributed by atoms with E-state index in [0.29, 0.717) is 30.1 Å². The predicted octanol–water partition coefficient (Wildman–Crippen LogP) is 2.71. The maximum absolute atomic E-state index is 14.5. The Morgan fingerprint density at radius 2 is 1.81 bits per heavy atom.